The molecule has 0 unspecified atom stereocenters. The third-order valence-electron chi connectivity index (χ3n) is 2.09. The third-order valence-corrected chi connectivity index (χ3v) is 2.91. The minimum Gasteiger partial charge on any atom is -0.503 e. The van der Waals surface area contributed by atoms with Gasteiger partial charge in [0.1, 0.15) is 5.57 Å². The van der Waals surface area contributed by atoms with Crippen LogP contribution >= 0.6 is 22.6 Å². The molecular weight excluding hydrogens is 319 g/mol. The fourth-order valence-corrected chi connectivity index (χ4v) is 2.01. The number of esters is 1. The summed E-state index contributed by atoms with van der Waals surface area (Å²) in [6, 6.07) is 7.70. The SMILES string of the molecule is COC=C(C(=O)OC)c1ccccc1CI. The zero-order valence-electron chi connectivity index (χ0n) is 9.20. The number of carbonyl (C=O) groups is 1. The van der Waals surface area contributed by atoms with Crippen LogP contribution in [0.2, 0.25) is 0 Å². The quantitative estimate of drug-likeness (QED) is 0.280. The largest absolute Gasteiger partial charge is 0.503 e. The van der Waals surface area contributed by atoms with Crippen LogP contribution in [0.4, 0.5) is 0 Å². The molecule has 0 heterocycles. The number of hydrogen-bond donors (Lipinski definition) is 0. The summed E-state index contributed by atoms with van der Waals surface area (Å²) in [5, 5.41) is 0. The van der Waals surface area contributed by atoms with Crippen LogP contribution in [0.3, 0.4) is 0 Å². The van der Waals surface area contributed by atoms with Crippen molar-refractivity contribution in [2.75, 3.05) is 14.2 Å². The molecular formula is C12H13IO3. The molecule has 0 saturated heterocycles. The van der Waals surface area contributed by atoms with Gasteiger partial charge in [0, 0.05) is 4.43 Å². The van der Waals surface area contributed by atoms with E-state index < -0.39 is 0 Å². The summed E-state index contributed by atoms with van der Waals surface area (Å²) in [6.45, 7) is 0. The highest BCUT2D eigenvalue weighted by Crippen LogP contribution is 2.22. The predicted octanol–water partition coefficient (Wildman–Crippen LogP) is 2.78. The fourth-order valence-electron chi connectivity index (χ4n) is 1.35. The predicted molar refractivity (Wildman–Crippen MR) is 71.2 cm³/mol. The van der Waals surface area contributed by atoms with Gasteiger partial charge >= 0.3 is 5.97 Å². The molecule has 1 aromatic rings. The van der Waals surface area contributed by atoms with Crippen molar-refractivity contribution in [1.82, 2.24) is 0 Å². The lowest BCUT2D eigenvalue weighted by atomic mass is 10.0. The minimum atomic E-state index is -0.390. The zero-order valence-corrected chi connectivity index (χ0v) is 11.4. The Kier molecular flexibility index (Phi) is 5.31. The number of hydrogen-bond acceptors (Lipinski definition) is 3. The second kappa shape index (κ2) is 6.52. The molecule has 0 radical (unpaired) electrons. The first-order chi connectivity index (χ1) is 7.74. The van der Waals surface area contributed by atoms with Gasteiger partial charge in [0.2, 0.25) is 0 Å². The van der Waals surface area contributed by atoms with Crippen LogP contribution in [0.1, 0.15) is 11.1 Å². The molecule has 0 saturated carbocycles. The van der Waals surface area contributed by atoms with Crippen LogP contribution in [0.5, 0.6) is 0 Å². The summed E-state index contributed by atoms with van der Waals surface area (Å²) in [7, 11) is 2.87. The van der Waals surface area contributed by atoms with E-state index in [0.717, 1.165) is 15.6 Å². The molecule has 0 aliphatic rings. The van der Waals surface area contributed by atoms with Gasteiger partial charge in [-0.2, -0.15) is 0 Å². The van der Waals surface area contributed by atoms with Crippen molar-refractivity contribution in [2.45, 2.75) is 4.43 Å². The highest BCUT2D eigenvalue weighted by Gasteiger charge is 2.15. The van der Waals surface area contributed by atoms with Crippen molar-refractivity contribution in [1.29, 1.82) is 0 Å². The van der Waals surface area contributed by atoms with E-state index in [1.807, 2.05) is 24.3 Å². The Hall–Kier alpha value is -1.04. The number of halogens is 1. The van der Waals surface area contributed by atoms with E-state index in [1.165, 1.54) is 20.5 Å². The van der Waals surface area contributed by atoms with E-state index in [-0.39, 0.29) is 5.97 Å². The lowest BCUT2D eigenvalue weighted by Crippen LogP contribution is -2.06. The van der Waals surface area contributed by atoms with Gasteiger partial charge in [0.15, 0.2) is 0 Å². The summed E-state index contributed by atoms with van der Waals surface area (Å²) >= 11 is 2.26. The lowest BCUT2D eigenvalue weighted by Gasteiger charge is -2.09. The lowest BCUT2D eigenvalue weighted by molar-refractivity contribution is -0.133. The van der Waals surface area contributed by atoms with Gasteiger partial charge in [-0.05, 0) is 11.1 Å². The summed E-state index contributed by atoms with van der Waals surface area (Å²) in [4.78, 5) is 11.6. The molecule has 16 heavy (non-hydrogen) atoms. The second-order valence-corrected chi connectivity index (χ2v) is 3.81. The van der Waals surface area contributed by atoms with Gasteiger partial charge in [-0.1, -0.05) is 46.9 Å². The molecule has 0 atom stereocenters. The number of rotatable bonds is 4. The van der Waals surface area contributed by atoms with Crippen LogP contribution in [-0.2, 0) is 18.7 Å². The molecule has 0 amide bonds. The van der Waals surface area contributed by atoms with Crippen molar-refractivity contribution < 1.29 is 14.3 Å². The maximum Gasteiger partial charge on any atom is 0.341 e. The number of ether oxygens (including phenoxy) is 2. The van der Waals surface area contributed by atoms with E-state index in [2.05, 4.69) is 22.6 Å². The van der Waals surface area contributed by atoms with Gasteiger partial charge in [0.25, 0.3) is 0 Å². The Morgan fingerprint density at radius 1 is 1.38 bits per heavy atom. The maximum atomic E-state index is 11.6. The van der Waals surface area contributed by atoms with Crippen molar-refractivity contribution in [2.24, 2.45) is 0 Å². The molecule has 1 aromatic carbocycles. The average molecular weight is 332 g/mol. The minimum absolute atomic E-state index is 0.390. The molecule has 1 rings (SSSR count). The Morgan fingerprint density at radius 3 is 2.62 bits per heavy atom. The molecule has 0 aromatic heterocycles. The van der Waals surface area contributed by atoms with E-state index in [1.54, 1.807) is 0 Å². The van der Waals surface area contributed by atoms with Gasteiger partial charge in [0.05, 0.1) is 20.5 Å². The van der Waals surface area contributed by atoms with Crippen LogP contribution in [0.25, 0.3) is 5.57 Å². The molecule has 86 valence electrons. The highest BCUT2D eigenvalue weighted by molar-refractivity contribution is 14.1. The normalized spacial score (nSPS) is 11.1. The first-order valence-corrected chi connectivity index (χ1v) is 6.22. The first kappa shape index (κ1) is 13.0. The molecule has 4 heteroatoms. The number of methoxy groups -OCH3 is 2. The average Bonchev–Trinajstić information content (AvgIpc) is 2.35. The molecule has 3 nitrogen and oxygen atoms in total. The zero-order chi connectivity index (χ0) is 12.0. The van der Waals surface area contributed by atoms with Gasteiger partial charge < -0.3 is 9.47 Å². The van der Waals surface area contributed by atoms with Gasteiger partial charge in [-0.25, -0.2) is 4.79 Å². The summed E-state index contributed by atoms with van der Waals surface area (Å²) in [5.41, 5.74) is 2.37. The smallest absolute Gasteiger partial charge is 0.341 e. The van der Waals surface area contributed by atoms with E-state index >= 15 is 0 Å². The molecule has 0 aliphatic carbocycles. The van der Waals surface area contributed by atoms with E-state index in [4.69, 9.17) is 9.47 Å². The summed E-state index contributed by atoms with van der Waals surface area (Å²) < 4.78 is 10.5. The Balaban J connectivity index is 3.21. The van der Waals surface area contributed by atoms with Crippen LogP contribution in [0, 0.1) is 0 Å². The monoisotopic (exact) mass is 332 g/mol. The fraction of sp³-hybridized carbons (Fsp3) is 0.250. The molecule has 0 aliphatic heterocycles. The van der Waals surface area contributed by atoms with E-state index in [9.17, 15) is 4.79 Å². The first-order valence-electron chi connectivity index (χ1n) is 4.70. The van der Waals surface area contributed by atoms with Crippen molar-refractivity contribution in [3.63, 3.8) is 0 Å². The Bertz CT molecular complexity index is 399. The molecule has 0 bridgehead atoms. The van der Waals surface area contributed by atoms with Crippen molar-refractivity contribution in [3.8, 4) is 0 Å². The topological polar surface area (TPSA) is 35.5 Å². The maximum absolute atomic E-state index is 11.6. The summed E-state index contributed by atoms with van der Waals surface area (Å²) in [5.74, 6) is -0.390. The summed E-state index contributed by atoms with van der Waals surface area (Å²) in [6.07, 6.45) is 1.41. The van der Waals surface area contributed by atoms with Gasteiger partial charge in [-0.15, -0.1) is 0 Å². The molecule has 0 spiro atoms. The number of alkyl halides is 1. The van der Waals surface area contributed by atoms with Crippen LogP contribution in [-0.4, -0.2) is 20.2 Å². The Labute approximate surface area is 109 Å². The van der Waals surface area contributed by atoms with Crippen molar-refractivity contribution in [3.05, 3.63) is 41.7 Å². The second-order valence-electron chi connectivity index (χ2n) is 3.05. The molecule has 0 N–H and O–H groups in total. The third kappa shape index (κ3) is 2.98. The molecule has 0 fully saturated rings. The highest BCUT2D eigenvalue weighted by atomic mass is 127. The number of carbonyl (C=O) groups excluding carboxylic acids is 1. The number of benzene rings is 1. The standard InChI is InChI=1S/C12H13IO3/c1-15-8-11(12(14)16-2)10-6-4-3-5-9(10)7-13/h3-6,8H,7H2,1-2H3. The van der Waals surface area contributed by atoms with E-state index in [0.29, 0.717) is 5.57 Å². The van der Waals surface area contributed by atoms with Crippen LogP contribution < -0.4 is 0 Å². The Morgan fingerprint density at radius 2 is 2.06 bits per heavy atom. The van der Waals surface area contributed by atoms with Gasteiger partial charge in [-0.3, -0.25) is 0 Å². The van der Waals surface area contributed by atoms with Crippen LogP contribution in [0.15, 0.2) is 30.5 Å². The van der Waals surface area contributed by atoms with Crippen molar-refractivity contribution >= 4 is 34.1 Å².